The average Bonchev–Trinajstić information content (AvgIpc) is 2.75. The summed E-state index contributed by atoms with van der Waals surface area (Å²) in [6.45, 7) is 2.01. The molecule has 0 saturated carbocycles. The molecule has 1 N–H and O–H groups in total. The SMILES string of the molecule is Cc1nc(CC2(O)CCc3cc(Br)ccc3C2)cs1. The lowest BCUT2D eigenvalue weighted by molar-refractivity contribution is 0.0259. The second-order valence-corrected chi connectivity index (χ2v) is 7.33. The van der Waals surface area contributed by atoms with Gasteiger partial charge in [-0.3, -0.25) is 0 Å². The highest BCUT2D eigenvalue weighted by Crippen LogP contribution is 2.33. The third kappa shape index (κ3) is 2.91. The van der Waals surface area contributed by atoms with Crippen LogP contribution in [0.1, 0.15) is 28.2 Å². The van der Waals surface area contributed by atoms with Gasteiger partial charge in [0.2, 0.25) is 0 Å². The third-order valence-electron chi connectivity index (χ3n) is 3.72. The number of fused-ring (bicyclic) bond motifs is 1. The Balaban J connectivity index is 1.81. The summed E-state index contributed by atoms with van der Waals surface area (Å²) in [5.41, 5.74) is 3.00. The van der Waals surface area contributed by atoms with Gasteiger partial charge in [-0.25, -0.2) is 4.98 Å². The van der Waals surface area contributed by atoms with Crippen molar-refractivity contribution in [2.24, 2.45) is 0 Å². The monoisotopic (exact) mass is 337 g/mol. The van der Waals surface area contributed by atoms with Crippen LogP contribution in [0.2, 0.25) is 0 Å². The summed E-state index contributed by atoms with van der Waals surface area (Å²) < 4.78 is 1.12. The van der Waals surface area contributed by atoms with Gasteiger partial charge in [-0.2, -0.15) is 0 Å². The Morgan fingerprint density at radius 3 is 3.00 bits per heavy atom. The molecule has 1 atom stereocenters. The number of halogens is 1. The number of nitrogens with zero attached hydrogens (tertiary/aromatic N) is 1. The van der Waals surface area contributed by atoms with Crippen molar-refractivity contribution in [2.75, 3.05) is 0 Å². The average molecular weight is 338 g/mol. The number of aromatic nitrogens is 1. The fraction of sp³-hybridized carbons (Fsp3) is 0.400. The summed E-state index contributed by atoms with van der Waals surface area (Å²) in [6, 6.07) is 6.34. The van der Waals surface area contributed by atoms with E-state index < -0.39 is 5.60 Å². The second-order valence-electron chi connectivity index (χ2n) is 5.35. The van der Waals surface area contributed by atoms with E-state index in [1.54, 1.807) is 11.3 Å². The molecule has 1 aliphatic carbocycles. The minimum absolute atomic E-state index is 0.638. The van der Waals surface area contributed by atoms with Crippen molar-refractivity contribution in [1.82, 2.24) is 4.98 Å². The molecule has 2 nitrogen and oxygen atoms in total. The first-order chi connectivity index (χ1) is 9.04. The zero-order chi connectivity index (χ0) is 13.5. The van der Waals surface area contributed by atoms with E-state index >= 15 is 0 Å². The first kappa shape index (κ1) is 13.3. The molecule has 0 bridgehead atoms. The Kier molecular flexibility index (Phi) is 3.50. The first-order valence-corrected chi connectivity index (χ1v) is 8.12. The van der Waals surface area contributed by atoms with Gasteiger partial charge in [-0.05, 0) is 43.0 Å². The minimum atomic E-state index is -0.638. The van der Waals surface area contributed by atoms with Gasteiger partial charge in [0.25, 0.3) is 0 Å². The molecule has 4 heteroatoms. The molecule has 0 aliphatic heterocycles. The van der Waals surface area contributed by atoms with Crippen molar-refractivity contribution in [2.45, 2.75) is 38.2 Å². The van der Waals surface area contributed by atoms with E-state index in [1.807, 2.05) is 6.92 Å². The van der Waals surface area contributed by atoms with Crippen molar-refractivity contribution in [3.05, 3.63) is 49.9 Å². The van der Waals surface area contributed by atoms with E-state index in [9.17, 15) is 5.11 Å². The summed E-state index contributed by atoms with van der Waals surface area (Å²) in [7, 11) is 0. The predicted octanol–water partition coefficient (Wildman–Crippen LogP) is 3.68. The van der Waals surface area contributed by atoms with Crippen LogP contribution in [0.15, 0.2) is 28.1 Å². The van der Waals surface area contributed by atoms with Crippen molar-refractivity contribution < 1.29 is 5.11 Å². The van der Waals surface area contributed by atoms with Gasteiger partial charge in [0.1, 0.15) is 0 Å². The van der Waals surface area contributed by atoms with Crippen LogP contribution in [0.25, 0.3) is 0 Å². The Morgan fingerprint density at radius 2 is 2.26 bits per heavy atom. The Hall–Kier alpha value is -0.710. The molecule has 1 unspecified atom stereocenters. The van der Waals surface area contributed by atoms with E-state index in [2.05, 4.69) is 44.5 Å². The number of aliphatic hydroxyl groups is 1. The van der Waals surface area contributed by atoms with Gasteiger partial charge in [-0.15, -0.1) is 11.3 Å². The van der Waals surface area contributed by atoms with Gasteiger partial charge in [0, 0.05) is 22.7 Å². The first-order valence-electron chi connectivity index (χ1n) is 6.45. The third-order valence-corrected chi connectivity index (χ3v) is 5.04. The number of hydrogen-bond donors (Lipinski definition) is 1. The number of rotatable bonds is 2. The highest BCUT2D eigenvalue weighted by molar-refractivity contribution is 9.10. The van der Waals surface area contributed by atoms with Gasteiger partial charge < -0.3 is 5.11 Å². The number of hydrogen-bond acceptors (Lipinski definition) is 3. The molecule has 1 aromatic carbocycles. The molecular formula is C15H16BrNOS. The summed E-state index contributed by atoms with van der Waals surface area (Å²) in [5, 5.41) is 13.9. The summed E-state index contributed by atoms with van der Waals surface area (Å²) in [5.74, 6) is 0. The molecule has 0 fully saturated rings. The molecule has 2 aromatic rings. The lowest BCUT2D eigenvalue weighted by Crippen LogP contribution is -2.38. The van der Waals surface area contributed by atoms with E-state index in [-0.39, 0.29) is 0 Å². The molecule has 0 spiro atoms. The van der Waals surface area contributed by atoms with Crippen molar-refractivity contribution >= 4 is 27.3 Å². The van der Waals surface area contributed by atoms with E-state index in [4.69, 9.17) is 0 Å². The van der Waals surface area contributed by atoms with Gasteiger partial charge >= 0.3 is 0 Å². The molecule has 1 aliphatic rings. The van der Waals surface area contributed by atoms with E-state index in [1.165, 1.54) is 11.1 Å². The standard InChI is InChI=1S/C15H16BrNOS/c1-10-17-14(9-19-10)8-15(18)5-4-11-6-13(16)3-2-12(11)7-15/h2-3,6,9,18H,4-5,7-8H2,1H3. The van der Waals surface area contributed by atoms with Crippen LogP contribution >= 0.6 is 27.3 Å². The fourth-order valence-corrected chi connectivity index (χ4v) is 3.81. The molecule has 1 heterocycles. The second kappa shape index (κ2) is 5.00. The predicted molar refractivity (Wildman–Crippen MR) is 81.7 cm³/mol. The van der Waals surface area contributed by atoms with Crippen LogP contribution in [-0.4, -0.2) is 15.7 Å². The highest BCUT2D eigenvalue weighted by Gasteiger charge is 2.32. The van der Waals surface area contributed by atoms with Gasteiger partial charge in [0.05, 0.1) is 16.3 Å². The van der Waals surface area contributed by atoms with E-state index in [0.717, 1.165) is 34.4 Å². The molecule has 19 heavy (non-hydrogen) atoms. The molecule has 3 rings (SSSR count). The largest absolute Gasteiger partial charge is 0.389 e. The Labute approximate surface area is 125 Å². The van der Waals surface area contributed by atoms with Gasteiger partial charge in [-0.1, -0.05) is 22.0 Å². The van der Waals surface area contributed by atoms with Crippen LogP contribution in [0.5, 0.6) is 0 Å². The van der Waals surface area contributed by atoms with Crippen LogP contribution in [0.3, 0.4) is 0 Å². The maximum atomic E-state index is 10.8. The Bertz CT molecular complexity index is 610. The molecule has 0 amide bonds. The van der Waals surface area contributed by atoms with Crippen LogP contribution in [0, 0.1) is 6.92 Å². The molecule has 0 radical (unpaired) electrons. The smallest absolute Gasteiger partial charge is 0.0897 e. The molecule has 100 valence electrons. The number of aryl methyl sites for hydroxylation is 2. The normalized spacial score (nSPS) is 22.3. The van der Waals surface area contributed by atoms with Crippen LogP contribution < -0.4 is 0 Å². The minimum Gasteiger partial charge on any atom is -0.389 e. The summed E-state index contributed by atoms with van der Waals surface area (Å²) in [6.07, 6.45) is 3.14. The maximum absolute atomic E-state index is 10.8. The lowest BCUT2D eigenvalue weighted by Gasteiger charge is -2.33. The number of benzene rings is 1. The lowest BCUT2D eigenvalue weighted by atomic mass is 9.78. The fourth-order valence-electron chi connectivity index (χ4n) is 2.79. The zero-order valence-electron chi connectivity index (χ0n) is 10.8. The topological polar surface area (TPSA) is 33.1 Å². The highest BCUT2D eigenvalue weighted by atomic mass is 79.9. The molecule has 1 aromatic heterocycles. The molecular weight excluding hydrogens is 322 g/mol. The maximum Gasteiger partial charge on any atom is 0.0897 e. The zero-order valence-corrected chi connectivity index (χ0v) is 13.2. The summed E-state index contributed by atoms with van der Waals surface area (Å²) >= 11 is 5.16. The van der Waals surface area contributed by atoms with Crippen molar-refractivity contribution in [1.29, 1.82) is 0 Å². The van der Waals surface area contributed by atoms with Crippen molar-refractivity contribution in [3.8, 4) is 0 Å². The molecule has 0 saturated heterocycles. The number of thiazole rings is 1. The van der Waals surface area contributed by atoms with Gasteiger partial charge in [0.15, 0.2) is 0 Å². The summed E-state index contributed by atoms with van der Waals surface area (Å²) in [4.78, 5) is 4.47. The van der Waals surface area contributed by atoms with E-state index in [0.29, 0.717) is 6.42 Å². The van der Waals surface area contributed by atoms with Crippen molar-refractivity contribution in [3.63, 3.8) is 0 Å². The van der Waals surface area contributed by atoms with Crippen LogP contribution in [0.4, 0.5) is 0 Å². The van der Waals surface area contributed by atoms with Crippen LogP contribution in [-0.2, 0) is 19.3 Å². The Morgan fingerprint density at radius 1 is 1.42 bits per heavy atom. The quantitative estimate of drug-likeness (QED) is 0.906.